The molecule has 0 bridgehead atoms. The molecule has 5 nitrogen and oxygen atoms in total. The molecule has 0 heterocycles. The summed E-state index contributed by atoms with van der Waals surface area (Å²) < 4.78 is 0. The largest absolute Gasteiger partial charge is 0.550 e. The van der Waals surface area contributed by atoms with E-state index in [4.69, 9.17) is 0 Å². The summed E-state index contributed by atoms with van der Waals surface area (Å²) in [6.07, 6.45) is 16.5. The highest BCUT2D eigenvalue weighted by Crippen LogP contribution is 2.07. The lowest BCUT2D eigenvalue weighted by atomic mass is 10.1. The zero-order valence-corrected chi connectivity index (χ0v) is 18.3. The molecule has 0 aliphatic rings. The molecule has 0 aliphatic heterocycles. The van der Waals surface area contributed by atoms with E-state index in [0.717, 1.165) is 0 Å². The van der Waals surface area contributed by atoms with Crippen LogP contribution in [0.2, 0.25) is 0 Å². The molecule has 0 aliphatic carbocycles. The second-order valence-corrected chi connectivity index (χ2v) is 7.79. The van der Waals surface area contributed by atoms with Crippen LogP contribution < -0.4 is 16.4 Å². The Bertz CT molecular complexity index is 274. The van der Waals surface area contributed by atoms with Crippen molar-refractivity contribution < 1.29 is 19.8 Å². The molecular weight excluding hydrogens is 350 g/mol. The fourth-order valence-electron chi connectivity index (χ4n) is 2.32. The Morgan fingerprint density at radius 3 is 1.23 bits per heavy atom. The molecule has 4 N–H and O–H groups in total. The smallest absolute Gasteiger partial charge is 0.105 e. The fourth-order valence-corrected chi connectivity index (χ4v) is 3.44. The molecule has 0 atom stereocenters. The molecule has 0 aromatic heterocycles. The van der Waals surface area contributed by atoms with Gasteiger partial charge in [-0.25, -0.2) is 0 Å². The predicted octanol–water partition coefficient (Wildman–Crippen LogP) is 3.16. The van der Waals surface area contributed by atoms with Gasteiger partial charge in [-0.05, 0) is 50.3 Å². The van der Waals surface area contributed by atoms with Gasteiger partial charge in [0.15, 0.2) is 0 Å². The van der Waals surface area contributed by atoms with Crippen LogP contribution in [0.25, 0.3) is 0 Å². The maximum atomic E-state index is 9.50. The zero-order valence-electron chi connectivity index (χ0n) is 17.4. The van der Waals surface area contributed by atoms with E-state index in [0.29, 0.717) is 0 Å². The topological polar surface area (TPSA) is 117 Å². The van der Waals surface area contributed by atoms with E-state index in [-0.39, 0.29) is 6.15 Å². The quantitative estimate of drug-likeness (QED) is 0.232. The van der Waals surface area contributed by atoms with E-state index in [1.807, 2.05) is 0 Å². The Balaban J connectivity index is -0.000000498. The van der Waals surface area contributed by atoms with Gasteiger partial charge in [-0.3, -0.25) is 0 Å². The Morgan fingerprint density at radius 2 is 0.923 bits per heavy atom. The van der Waals surface area contributed by atoms with E-state index in [9.17, 15) is 19.8 Å². The van der Waals surface area contributed by atoms with Gasteiger partial charge in [-0.1, -0.05) is 65.2 Å². The van der Waals surface area contributed by atoms with E-state index in [1.165, 1.54) is 88.6 Å². The summed E-state index contributed by atoms with van der Waals surface area (Å²) in [7, 11) is 0. The third kappa shape index (κ3) is 34.6. The van der Waals surface area contributed by atoms with Crippen LogP contribution >= 0.6 is 0 Å². The highest BCUT2D eigenvalue weighted by molar-refractivity contribution is 7.78. The van der Waals surface area contributed by atoms with Gasteiger partial charge in [0.1, 0.15) is 11.5 Å². The van der Waals surface area contributed by atoms with Gasteiger partial charge in [0.25, 0.3) is 0 Å². The molecule has 26 heavy (non-hydrogen) atoms. The summed E-state index contributed by atoms with van der Waals surface area (Å²) in [5.74, 6) is 0.186. The van der Waals surface area contributed by atoms with Crippen molar-refractivity contribution in [3.8, 4) is 0 Å². The van der Waals surface area contributed by atoms with Crippen molar-refractivity contribution >= 4 is 23.7 Å². The highest BCUT2D eigenvalue weighted by atomic mass is 32.2. The summed E-state index contributed by atoms with van der Waals surface area (Å²) in [5, 5.41) is 19.0. The molecule has 0 radical (unpaired) electrons. The summed E-state index contributed by atoms with van der Waals surface area (Å²) in [5.41, 5.74) is 0. The van der Waals surface area contributed by atoms with E-state index < -0.39 is 24.8 Å². The number of hydrogen-bond acceptors (Lipinski definition) is 4. The van der Waals surface area contributed by atoms with Gasteiger partial charge in [0.05, 0.1) is 0 Å². The highest BCUT2D eigenvalue weighted by Gasteiger charge is 1.98. The van der Waals surface area contributed by atoms with Gasteiger partial charge in [0.2, 0.25) is 0 Å². The van der Waals surface area contributed by atoms with Crippen LogP contribution in [0.5, 0.6) is 0 Å². The first kappa shape index (κ1) is 30.0. The minimum absolute atomic E-state index is 0. The Hall–Kier alpha value is -0.750. The summed E-state index contributed by atoms with van der Waals surface area (Å²) in [6, 6.07) is 0. The number of carbonyl (C=O) groups excluding carboxylic acids is 2. The van der Waals surface area contributed by atoms with Gasteiger partial charge < -0.3 is 26.0 Å². The number of rotatable bonds is 17. The van der Waals surface area contributed by atoms with E-state index >= 15 is 0 Å². The molecular formula is C20H43NO4S. The van der Waals surface area contributed by atoms with Crippen molar-refractivity contribution in [3.05, 3.63) is 0 Å². The normalized spacial score (nSPS) is 9.77. The van der Waals surface area contributed by atoms with Gasteiger partial charge in [-0.15, -0.1) is 0 Å². The third-order valence-electron chi connectivity index (χ3n) is 3.87. The summed E-state index contributed by atoms with van der Waals surface area (Å²) in [6.45, 7) is 4.58. The minimum atomic E-state index is -1.37. The molecule has 0 aromatic rings. The average molecular weight is 394 g/mol. The molecule has 158 valence electrons. The number of hydrogen-bond donors (Lipinski definition) is 1. The van der Waals surface area contributed by atoms with Crippen LogP contribution in [-0.2, 0) is 21.4 Å². The first-order chi connectivity index (χ1) is 12.0. The van der Waals surface area contributed by atoms with Crippen molar-refractivity contribution in [2.45, 2.75) is 104 Å². The van der Waals surface area contributed by atoms with Crippen molar-refractivity contribution in [2.75, 3.05) is 11.5 Å². The van der Waals surface area contributed by atoms with E-state index in [2.05, 4.69) is 13.8 Å². The number of carboxylic acid groups (broad SMARTS) is 2. The maximum absolute atomic E-state index is 9.50. The fraction of sp³-hybridized carbons (Fsp3) is 0.900. The standard InChI is InChI=1S/C16H34S.C4H6O4.H3N/c1-3-5-7-9-11-13-15-17-16-14-12-10-8-6-4-2;5-3(6)1-2-4(7)8;/h3-16H2,1-2H3;1-2H2,(H,5,6)(H,7,8);1H3. The van der Waals surface area contributed by atoms with Crippen LogP contribution in [0, 0.1) is 0 Å². The number of carboxylic acids is 2. The van der Waals surface area contributed by atoms with Crippen LogP contribution in [0.3, 0.4) is 0 Å². The molecule has 0 spiro atoms. The molecule has 0 saturated heterocycles. The third-order valence-corrected chi connectivity index (χ3v) is 5.14. The molecule has 0 unspecified atom stereocenters. The molecule has 0 saturated carbocycles. The number of carbonyl (C=O) groups is 2. The SMILES string of the molecule is CCCCCCCC[SH+]CCCCCCCC.O=C([O-])CCC(=O)[O-].[NH4+]. The molecule has 0 aromatic carbocycles. The van der Waals surface area contributed by atoms with E-state index in [1.54, 1.807) is 11.8 Å². The van der Waals surface area contributed by atoms with Crippen LogP contribution in [0.4, 0.5) is 0 Å². The monoisotopic (exact) mass is 393 g/mol. The lowest BCUT2D eigenvalue weighted by molar-refractivity contribution is -0.315. The second kappa shape index (κ2) is 26.5. The van der Waals surface area contributed by atoms with Crippen molar-refractivity contribution in [1.82, 2.24) is 6.15 Å². The lowest BCUT2D eigenvalue weighted by Crippen LogP contribution is -2.27. The van der Waals surface area contributed by atoms with Crippen LogP contribution in [-0.4, -0.2) is 23.4 Å². The second-order valence-electron chi connectivity index (χ2n) is 6.45. The molecule has 6 heteroatoms. The predicted molar refractivity (Wildman–Crippen MR) is 110 cm³/mol. The number of quaternary nitrogens is 1. The van der Waals surface area contributed by atoms with Crippen molar-refractivity contribution in [3.63, 3.8) is 0 Å². The maximum Gasteiger partial charge on any atom is 0.105 e. The van der Waals surface area contributed by atoms with Crippen LogP contribution in [0.15, 0.2) is 0 Å². The molecule has 0 amide bonds. The van der Waals surface area contributed by atoms with Crippen molar-refractivity contribution in [1.29, 1.82) is 0 Å². The number of thiol groups is 1. The Labute approximate surface area is 165 Å². The zero-order chi connectivity index (χ0) is 19.2. The van der Waals surface area contributed by atoms with Gasteiger partial charge in [0, 0.05) is 11.9 Å². The van der Waals surface area contributed by atoms with Gasteiger partial charge >= 0.3 is 0 Å². The van der Waals surface area contributed by atoms with Crippen LogP contribution in [0.1, 0.15) is 104 Å². The van der Waals surface area contributed by atoms with Crippen molar-refractivity contribution in [2.24, 2.45) is 0 Å². The molecule has 0 fully saturated rings. The number of unbranched alkanes of at least 4 members (excludes halogenated alkanes) is 10. The Kier molecular flexibility index (Phi) is 30.5. The van der Waals surface area contributed by atoms with Gasteiger partial charge in [-0.2, -0.15) is 0 Å². The first-order valence-corrected chi connectivity index (χ1v) is 11.3. The molecule has 0 rings (SSSR count). The lowest BCUT2D eigenvalue weighted by Gasteiger charge is -2.00. The number of aliphatic carboxylic acids is 2. The average Bonchev–Trinajstić information content (AvgIpc) is 2.58. The summed E-state index contributed by atoms with van der Waals surface area (Å²) in [4.78, 5) is 19.0. The Morgan fingerprint density at radius 1 is 0.615 bits per heavy atom. The minimum Gasteiger partial charge on any atom is -0.550 e. The summed E-state index contributed by atoms with van der Waals surface area (Å²) >= 11 is 1.72. The first-order valence-electron chi connectivity index (χ1n) is 10.1.